The molecule has 0 aromatic carbocycles. The fraction of sp³-hybridized carbons (Fsp3) is 0.769. The second kappa shape index (κ2) is 3.41. The van der Waals surface area contributed by atoms with Gasteiger partial charge < -0.3 is 10.2 Å². The van der Waals surface area contributed by atoms with E-state index < -0.39 is 0 Å². The third kappa shape index (κ3) is 1.89. The molecular weight excluding hydrogens is 200 g/mol. The first kappa shape index (κ1) is 11.3. The molecule has 2 aliphatic rings. The number of carbonyl (C=O) groups excluding carboxylic acids is 1. The molecule has 1 aliphatic heterocycles. The van der Waals surface area contributed by atoms with Gasteiger partial charge in [0.25, 0.3) is 0 Å². The number of terminal acetylenes is 1. The normalized spacial score (nSPS) is 26.6. The highest BCUT2D eigenvalue weighted by molar-refractivity contribution is 5.81. The molecule has 1 heterocycles. The van der Waals surface area contributed by atoms with Gasteiger partial charge in [-0.1, -0.05) is 27.2 Å². The molecule has 1 saturated carbocycles. The largest absolute Gasteiger partial charge is 0.350 e. The number of hydrogen-bond donors (Lipinski definition) is 1. The maximum absolute atomic E-state index is 11.9. The predicted molar refractivity (Wildman–Crippen MR) is 63.5 cm³/mol. The fourth-order valence-electron chi connectivity index (χ4n) is 2.31. The lowest BCUT2D eigenvalue weighted by atomic mass is 9.93. The van der Waals surface area contributed by atoms with Crippen LogP contribution in [0.3, 0.4) is 0 Å². The molecule has 1 N–H and O–H groups in total. The molecule has 2 rings (SSSR count). The second-order valence-electron chi connectivity index (χ2n) is 6.15. The van der Waals surface area contributed by atoms with Crippen LogP contribution in [0.15, 0.2) is 0 Å². The molecule has 0 aromatic heterocycles. The molecule has 1 aliphatic carbocycles. The Morgan fingerprint density at radius 1 is 1.50 bits per heavy atom. The number of rotatable bonds is 1. The van der Waals surface area contributed by atoms with E-state index in [1.54, 1.807) is 0 Å². The molecule has 1 spiro atoms. The Morgan fingerprint density at radius 2 is 2.12 bits per heavy atom. The van der Waals surface area contributed by atoms with Crippen LogP contribution < -0.4 is 5.32 Å². The number of nitrogens with one attached hydrogen (secondary N) is 1. The van der Waals surface area contributed by atoms with Crippen molar-refractivity contribution >= 4 is 5.91 Å². The molecule has 0 aromatic rings. The zero-order chi connectivity index (χ0) is 12.0. The van der Waals surface area contributed by atoms with Crippen molar-refractivity contribution in [3.63, 3.8) is 0 Å². The minimum Gasteiger partial charge on any atom is -0.350 e. The Morgan fingerprint density at radius 3 is 2.56 bits per heavy atom. The Hall–Kier alpha value is -1.17. The van der Waals surface area contributed by atoms with Crippen LogP contribution in [0, 0.1) is 23.3 Å². The summed E-state index contributed by atoms with van der Waals surface area (Å²) < 4.78 is 0. The molecule has 1 unspecified atom stereocenters. The van der Waals surface area contributed by atoms with Crippen LogP contribution in [0.1, 0.15) is 33.6 Å². The van der Waals surface area contributed by atoms with Crippen LogP contribution in [0.4, 0.5) is 0 Å². The molecule has 88 valence electrons. The lowest BCUT2D eigenvalue weighted by Gasteiger charge is -2.24. The first-order valence-electron chi connectivity index (χ1n) is 5.90. The summed E-state index contributed by atoms with van der Waals surface area (Å²) in [5.41, 5.74) is -0.0348. The van der Waals surface area contributed by atoms with Gasteiger partial charge in [0.1, 0.15) is 0 Å². The standard InChI is InChI=1S/C13H20N2O/c1-5-15-8-10(13(9-15)6-7-13)14-11(16)12(2,3)4/h1,10H,6-9H2,2-4H3,(H,14,16). The lowest BCUT2D eigenvalue weighted by Crippen LogP contribution is -2.46. The van der Waals surface area contributed by atoms with Gasteiger partial charge in [0.15, 0.2) is 0 Å². The van der Waals surface area contributed by atoms with E-state index >= 15 is 0 Å². The zero-order valence-corrected chi connectivity index (χ0v) is 10.3. The van der Waals surface area contributed by atoms with Crippen LogP contribution in [0.25, 0.3) is 0 Å². The van der Waals surface area contributed by atoms with E-state index in [1.165, 1.54) is 12.8 Å². The van der Waals surface area contributed by atoms with Crippen molar-refractivity contribution in [1.29, 1.82) is 0 Å². The number of amides is 1. The quantitative estimate of drug-likeness (QED) is 0.674. The molecule has 1 saturated heterocycles. The Labute approximate surface area is 97.6 Å². The van der Waals surface area contributed by atoms with Crippen molar-refractivity contribution in [2.45, 2.75) is 39.7 Å². The summed E-state index contributed by atoms with van der Waals surface area (Å²) in [6.07, 6.45) is 7.81. The lowest BCUT2D eigenvalue weighted by molar-refractivity contribution is -0.129. The SMILES string of the molecule is C#CN1CC(NC(=O)C(C)(C)C)C2(CC2)C1. The maximum atomic E-state index is 11.9. The third-order valence-corrected chi connectivity index (χ3v) is 3.71. The van der Waals surface area contributed by atoms with Crippen molar-refractivity contribution < 1.29 is 4.79 Å². The topological polar surface area (TPSA) is 32.3 Å². The summed E-state index contributed by atoms with van der Waals surface area (Å²) in [5.74, 6) is 0.127. The summed E-state index contributed by atoms with van der Waals surface area (Å²) in [4.78, 5) is 13.9. The van der Waals surface area contributed by atoms with E-state index in [4.69, 9.17) is 6.42 Å². The predicted octanol–water partition coefficient (Wildman–Crippen LogP) is 1.20. The summed E-state index contributed by atoms with van der Waals surface area (Å²) >= 11 is 0. The average molecular weight is 220 g/mol. The molecule has 0 radical (unpaired) electrons. The molecule has 1 amide bonds. The van der Waals surface area contributed by atoms with E-state index in [1.807, 2.05) is 25.7 Å². The zero-order valence-electron chi connectivity index (χ0n) is 10.3. The molecule has 1 atom stereocenters. The molecule has 3 heteroatoms. The van der Waals surface area contributed by atoms with E-state index in [-0.39, 0.29) is 22.8 Å². The fourth-order valence-corrected chi connectivity index (χ4v) is 2.31. The minimum absolute atomic E-state index is 0.127. The number of likely N-dealkylation sites (tertiary alicyclic amines) is 1. The van der Waals surface area contributed by atoms with Crippen molar-refractivity contribution in [3.05, 3.63) is 0 Å². The molecule has 16 heavy (non-hydrogen) atoms. The van der Waals surface area contributed by atoms with Gasteiger partial charge in [-0.15, -0.1) is 0 Å². The summed E-state index contributed by atoms with van der Waals surface area (Å²) in [6, 6.07) is 2.93. The minimum atomic E-state index is -0.320. The summed E-state index contributed by atoms with van der Waals surface area (Å²) in [6.45, 7) is 7.57. The summed E-state index contributed by atoms with van der Waals surface area (Å²) in [5, 5.41) is 3.16. The van der Waals surface area contributed by atoms with Gasteiger partial charge in [0, 0.05) is 30.0 Å². The second-order valence-corrected chi connectivity index (χ2v) is 6.15. The van der Waals surface area contributed by atoms with Gasteiger partial charge in [-0.2, -0.15) is 0 Å². The van der Waals surface area contributed by atoms with E-state index in [0.29, 0.717) is 0 Å². The summed E-state index contributed by atoms with van der Waals surface area (Å²) in [7, 11) is 0. The number of hydrogen-bond acceptors (Lipinski definition) is 2. The molecule has 3 nitrogen and oxygen atoms in total. The first-order valence-corrected chi connectivity index (χ1v) is 5.90. The van der Waals surface area contributed by atoms with Crippen molar-refractivity contribution in [3.8, 4) is 12.5 Å². The smallest absolute Gasteiger partial charge is 0.225 e. The van der Waals surface area contributed by atoms with Crippen LogP contribution in [0.2, 0.25) is 0 Å². The first-order chi connectivity index (χ1) is 7.37. The Bertz CT molecular complexity index is 344. The highest BCUT2D eigenvalue weighted by atomic mass is 16.2. The van der Waals surface area contributed by atoms with Crippen molar-refractivity contribution in [2.75, 3.05) is 13.1 Å². The van der Waals surface area contributed by atoms with E-state index in [2.05, 4.69) is 11.4 Å². The Balaban J connectivity index is 2.01. The molecular formula is C13H20N2O. The van der Waals surface area contributed by atoms with Gasteiger partial charge in [0.05, 0.1) is 6.04 Å². The van der Waals surface area contributed by atoms with Crippen LogP contribution >= 0.6 is 0 Å². The van der Waals surface area contributed by atoms with Crippen molar-refractivity contribution in [2.24, 2.45) is 10.8 Å². The highest BCUT2D eigenvalue weighted by Gasteiger charge is 2.55. The monoisotopic (exact) mass is 220 g/mol. The molecule has 0 bridgehead atoms. The van der Waals surface area contributed by atoms with Gasteiger partial charge in [0.2, 0.25) is 5.91 Å². The highest BCUT2D eigenvalue weighted by Crippen LogP contribution is 2.52. The van der Waals surface area contributed by atoms with E-state index in [9.17, 15) is 4.79 Å². The molecule has 2 fully saturated rings. The third-order valence-electron chi connectivity index (χ3n) is 3.71. The van der Waals surface area contributed by atoms with Gasteiger partial charge in [-0.25, -0.2) is 0 Å². The van der Waals surface area contributed by atoms with E-state index in [0.717, 1.165) is 13.1 Å². The van der Waals surface area contributed by atoms with Gasteiger partial charge in [-0.3, -0.25) is 4.79 Å². The maximum Gasteiger partial charge on any atom is 0.225 e. The van der Waals surface area contributed by atoms with Crippen molar-refractivity contribution in [1.82, 2.24) is 10.2 Å². The van der Waals surface area contributed by atoms with Gasteiger partial charge in [-0.05, 0) is 12.8 Å². The van der Waals surface area contributed by atoms with Crippen LogP contribution in [-0.4, -0.2) is 29.9 Å². The van der Waals surface area contributed by atoms with Gasteiger partial charge >= 0.3 is 0 Å². The Kier molecular flexibility index (Phi) is 2.41. The number of carbonyl (C=O) groups is 1. The number of nitrogens with zero attached hydrogens (tertiary/aromatic N) is 1. The average Bonchev–Trinajstić information content (AvgIpc) is 2.85. The van der Waals surface area contributed by atoms with Crippen LogP contribution in [0.5, 0.6) is 0 Å². The van der Waals surface area contributed by atoms with Crippen LogP contribution in [-0.2, 0) is 4.79 Å².